The number of benzene rings is 2. The second-order valence-electron chi connectivity index (χ2n) is 6.77. The summed E-state index contributed by atoms with van der Waals surface area (Å²) in [6.07, 6.45) is 1.74. The highest BCUT2D eigenvalue weighted by molar-refractivity contribution is 6.06. The van der Waals surface area contributed by atoms with Crippen LogP contribution < -0.4 is 0 Å². The lowest BCUT2D eigenvalue weighted by Gasteiger charge is -2.18. The summed E-state index contributed by atoms with van der Waals surface area (Å²) in [5, 5.41) is 5.20. The molecule has 4 rings (SSSR count). The molecule has 0 bridgehead atoms. The summed E-state index contributed by atoms with van der Waals surface area (Å²) in [5.74, 6) is -0.0379. The van der Waals surface area contributed by atoms with Crippen LogP contribution >= 0.6 is 0 Å². The van der Waals surface area contributed by atoms with E-state index < -0.39 is 0 Å². The first-order chi connectivity index (χ1) is 13.7. The number of hydrogen-bond acceptors (Lipinski definition) is 3. The Bertz CT molecular complexity index is 1100. The van der Waals surface area contributed by atoms with Gasteiger partial charge in [0, 0.05) is 25.7 Å². The van der Waals surface area contributed by atoms with E-state index in [-0.39, 0.29) is 5.91 Å². The Hall–Kier alpha value is -3.47. The highest BCUT2D eigenvalue weighted by atomic mass is 16.2. The van der Waals surface area contributed by atoms with E-state index in [0.717, 1.165) is 27.9 Å². The molecule has 0 aliphatic carbocycles. The van der Waals surface area contributed by atoms with Crippen molar-refractivity contribution in [3.05, 3.63) is 84.1 Å². The normalized spacial score (nSPS) is 10.9. The Kier molecular flexibility index (Phi) is 4.89. The fraction of sp³-hybridized carbons (Fsp3) is 0.174. The van der Waals surface area contributed by atoms with Gasteiger partial charge in [-0.1, -0.05) is 60.7 Å². The summed E-state index contributed by atoms with van der Waals surface area (Å²) in [5.41, 5.74) is 4.21. The molecule has 5 heteroatoms. The Labute approximate surface area is 164 Å². The zero-order valence-corrected chi connectivity index (χ0v) is 16.0. The third-order valence-electron chi connectivity index (χ3n) is 4.82. The van der Waals surface area contributed by atoms with Gasteiger partial charge in [-0.3, -0.25) is 4.79 Å². The smallest absolute Gasteiger partial charge is 0.254 e. The number of carbonyl (C=O) groups is 1. The van der Waals surface area contributed by atoms with Crippen molar-refractivity contribution < 1.29 is 4.79 Å². The molecular weight excluding hydrogens is 348 g/mol. The molecule has 2 aromatic heterocycles. The molecule has 4 aromatic rings. The molecule has 5 nitrogen and oxygen atoms in total. The summed E-state index contributed by atoms with van der Waals surface area (Å²) >= 11 is 0. The van der Waals surface area contributed by atoms with Crippen molar-refractivity contribution in [3.63, 3.8) is 0 Å². The largest absolute Gasteiger partial charge is 0.337 e. The van der Waals surface area contributed by atoms with Gasteiger partial charge in [-0.05, 0) is 18.6 Å². The summed E-state index contributed by atoms with van der Waals surface area (Å²) in [6.45, 7) is 3.26. The number of pyridine rings is 1. The van der Waals surface area contributed by atoms with Crippen molar-refractivity contribution in [2.24, 2.45) is 0 Å². The van der Waals surface area contributed by atoms with Gasteiger partial charge in [-0.25, -0.2) is 9.67 Å². The van der Waals surface area contributed by atoms with Gasteiger partial charge in [0.25, 0.3) is 5.91 Å². The van der Waals surface area contributed by atoms with E-state index in [4.69, 9.17) is 4.98 Å². The van der Waals surface area contributed by atoms with Crippen LogP contribution in [0.4, 0.5) is 0 Å². The van der Waals surface area contributed by atoms with Gasteiger partial charge in [0.15, 0.2) is 5.65 Å². The van der Waals surface area contributed by atoms with Crippen LogP contribution in [0.25, 0.3) is 22.3 Å². The monoisotopic (exact) mass is 370 g/mol. The van der Waals surface area contributed by atoms with Gasteiger partial charge in [-0.15, -0.1) is 0 Å². The lowest BCUT2D eigenvalue weighted by Crippen LogP contribution is -2.26. The molecule has 140 valence electrons. The predicted molar refractivity (Wildman–Crippen MR) is 111 cm³/mol. The Morgan fingerprint density at radius 1 is 1.04 bits per heavy atom. The molecule has 0 aliphatic heterocycles. The SMILES string of the molecule is CCn1ncc2c(C(=O)N(C)Cc3ccccc3)cc(-c3ccccc3)nc21. The van der Waals surface area contributed by atoms with Crippen molar-refractivity contribution in [2.75, 3.05) is 7.05 Å². The summed E-state index contributed by atoms with van der Waals surface area (Å²) in [6, 6.07) is 21.8. The Balaban J connectivity index is 1.78. The fourth-order valence-corrected chi connectivity index (χ4v) is 3.35. The quantitative estimate of drug-likeness (QED) is 0.523. The first-order valence-corrected chi connectivity index (χ1v) is 9.38. The zero-order chi connectivity index (χ0) is 19.5. The van der Waals surface area contributed by atoms with E-state index in [0.29, 0.717) is 18.7 Å². The molecule has 28 heavy (non-hydrogen) atoms. The molecule has 0 spiro atoms. The topological polar surface area (TPSA) is 51.0 Å². The van der Waals surface area contributed by atoms with E-state index in [1.165, 1.54) is 0 Å². The molecule has 0 unspecified atom stereocenters. The lowest BCUT2D eigenvalue weighted by atomic mass is 10.1. The van der Waals surface area contributed by atoms with Crippen LogP contribution in [0.5, 0.6) is 0 Å². The summed E-state index contributed by atoms with van der Waals surface area (Å²) < 4.78 is 1.83. The lowest BCUT2D eigenvalue weighted by molar-refractivity contribution is 0.0787. The molecule has 0 fully saturated rings. The molecule has 2 aromatic carbocycles. The number of amides is 1. The van der Waals surface area contributed by atoms with Crippen LogP contribution in [0.3, 0.4) is 0 Å². The second-order valence-corrected chi connectivity index (χ2v) is 6.77. The highest BCUT2D eigenvalue weighted by Gasteiger charge is 2.20. The molecule has 0 saturated carbocycles. The number of rotatable bonds is 5. The third-order valence-corrected chi connectivity index (χ3v) is 4.82. The van der Waals surface area contributed by atoms with Gasteiger partial charge in [0.05, 0.1) is 22.8 Å². The second kappa shape index (κ2) is 7.64. The van der Waals surface area contributed by atoms with Crippen molar-refractivity contribution in [1.29, 1.82) is 0 Å². The van der Waals surface area contributed by atoms with Crippen LogP contribution in [0.1, 0.15) is 22.8 Å². The average molecular weight is 370 g/mol. The van der Waals surface area contributed by atoms with Crippen LogP contribution in [-0.4, -0.2) is 32.6 Å². The van der Waals surface area contributed by atoms with E-state index in [9.17, 15) is 4.79 Å². The number of aryl methyl sites for hydroxylation is 1. The molecule has 0 aliphatic rings. The molecule has 0 atom stereocenters. The highest BCUT2D eigenvalue weighted by Crippen LogP contribution is 2.26. The maximum absolute atomic E-state index is 13.3. The van der Waals surface area contributed by atoms with Gasteiger partial charge in [-0.2, -0.15) is 5.10 Å². The van der Waals surface area contributed by atoms with Crippen molar-refractivity contribution >= 4 is 16.9 Å². The third kappa shape index (κ3) is 3.39. The number of aromatic nitrogens is 3. The minimum absolute atomic E-state index is 0.0379. The van der Waals surface area contributed by atoms with Crippen LogP contribution in [0, 0.1) is 0 Å². The van der Waals surface area contributed by atoms with Gasteiger partial charge in [0.2, 0.25) is 0 Å². The zero-order valence-electron chi connectivity index (χ0n) is 16.0. The maximum atomic E-state index is 13.3. The molecule has 2 heterocycles. The molecular formula is C23H22N4O. The van der Waals surface area contributed by atoms with Gasteiger partial charge >= 0.3 is 0 Å². The number of nitrogens with zero attached hydrogens (tertiary/aromatic N) is 4. The minimum Gasteiger partial charge on any atom is -0.337 e. The minimum atomic E-state index is -0.0379. The van der Waals surface area contributed by atoms with E-state index in [1.807, 2.05) is 85.4 Å². The average Bonchev–Trinajstić information content (AvgIpc) is 3.17. The number of hydrogen-bond donors (Lipinski definition) is 0. The standard InChI is InChI=1S/C23H22N4O/c1-3-27-22-20(15-24-27)19(14-21(25-22)18-12-8-5-9-13-18)23(28)26(2)16-17-10-6-4-7-11-17/h4-15H,3,16H2,1-2H3. The fourth-order valence-electron chi connectivity index (χ4n) is 3.35. The van der Waals surface area contributed by atoms with E-state index in [2.05, 4.69) is 5.10 Å². The molecule has 1 amide bonds. The Morgan fingerprint density at radius 2 is 1.71 bits per heavy atom. The van der Waals surface area contributed by atoms with Crippen LogP contribution in [0.2, 0.25) is 0 Å². The number of fused-ring (bicyclic) bond motifs is 1. The summed E-state index contributed by atoms with van der Waals surface area (Å²) in [7, 11) is 1.83. The van der Waals surface area contributed by atoms with Crippen LogP contribution in [-0.2, 0) is 13.1 Å². The van der Waals surface area contributed by atoms with Gasteiger partial charge < -0.3 is 4.90 Å². The van der Waals surface area contributed by atoms with Crippen molar-refractivity contribution in [2.45, 2.75) is 20.0 Å². The Morgan fingerprint density at radius 3 is 2.39 bits per heavy atom. The molecule has 0 radical (unpaired) electrons. The van der Waals surface area contributed by atoms with E-state index >= 15 is 0 Å². The van der Waals surface area contributed by atoms with Gasteiger partial charge in [0.1, 0.15) is 0 Å². The van der Waals surface area contributed by atoms with E-state index in [1.54, 1.807) is 11.1 Å². The maximum Gasteiger partial charge on any atom is 0.254 e. The molecule has 0 N–H and O–H groups in total. The first-order valence-electron chi connectivity index (χ1n) is 9.38. The van der Waals surface area contributed by atoms with Crippen LogP contribution in [0.15, 0.2) is 72.9 Å². The number of carbonyl (C=O) groups excluding carboxylic acids is 1. The molecule has 0 saturated heterocycles. The first kappa shape index (κ1) is 17.9. The van der Waals surface area contributed by atoms with Crippen molar-refractivity contribution in [3.8, 4) is 11.3 Å². The predicted octanol–water partition coefficient (Wildman–Crippen LogP) is 4.39. The van der Waals surface area contributed by atoms with Crippen molar-refractivity contribution in [1.82, 2.24) is 19.7 Å². The summed E-state index contributed by atoms with van der Waals surface area (Å²) in [4.78, 5) is 19.8.